The van der Waals surface area contributed by atoms with Gasteiger partial charge in [0.2, 0.25) is 0 Å². The highest BCUT2D eigenvalue weighted by Gasteiger charge is 2.15. The van der Waals surface area contributed by atoms with Gasteiger partial charge >= 0.3 is 0 Å². The summed E-state index contributed by atoms with van der Waals surface area (Å²) in [6.07, 6.45) is 0.738. The zero-order valence-electron chi connectivity index (χ0n) is 14.0. The highest BCUT2D eigenvalue weighted by molar-refractivity contribution is 5.78. The molecule has 25 heavy (non-hydrogen) atoms. The van der Waals surface area contributed by atoms with Crippen molar-refractivity contribution in [3.8, 4) is 5.75 Å². The van der Waals surface area contributed by atoms with Crippen LogP contribution in [0.1, 0.15) is 17.2 Å². The van der Waals surface area contributed by atoms with Crippen LogP contribution in [0.15, 0.2) is 91.0 Å². The van der Waals surface area contributed by atoms with Crippen molar-refractivity contribution in [1.82, 2.24) is 5.32 Å². The van der Waals surface area contributed by atoms with Gasteiger partial charge in [0.15, 0.2) is 6.61 Å². The summed E-state index contributed by atoms with van der Waals surface area (Å²) in [5.74, 6) is 0.561. The van der Waals surface area contributed by atoms with E-state index in [0.29, 0.717) is 5.75 Å². The molecule has 0 bridgehead atoms. The lowest BCUT2D eigenvalue weighted by atomic mass is 9.99. The van der Waals surface area contributed by atoms with Gasteiger partial charge in [-0.2, -0.15) is 0 Å². The maximum absolute atomic E-state index is 12.4. The molecule has 0 aliphatic rings. The first-order chi connectivity index (χ1) is 12.3. The van der Waals surface area contributed by atoms with Crippen molar-refractivity contribution in [3.05, 3.63) is 102 Å². The molecular weight excluding hydrogens is 310 g/mol. The SMILES string of the molecule is O=C(COc1ccccc1)N[C@@H](Cc1ccccc1)c1ccccc1. The number of ether oxygens (including phenoxy) is 1. The minimum Gasteiger partial charge on any atom is -0.484 e. The quantitative estimate of drug-likeness (QED) is 0.706. The second kappa shape index (κ2) is 8.69. The number of hydrogen-bond acceptors (Lipinski definition) is 2. The van der Waals surface area contributed by atoms with E-state index in [-0.39, 0.29) is 18.6 Å². The summed E-state index contributed by atoms with van der Waals surface area (Å²) < 4.78 is 5.54. The van der Waals surface area contributed by atoms with E-state index in [4.69, 9.17) is 4.74 Å². The van der Waals surface area contributed by atoms with Crippen LogP contribution in [0.4, 0.5) is 0 Å². The largest absolute Gasteiger partial charge is 0.484 e. The lowest BCUT2D eigenvalue weighted by Gasteiger charge is -2.19. The predicted molar refractivity (Wildman–Crippen MR) is 99.4 cm³/mol. The van der Waals surface area contributed by atoms with E-state index in [1.165, 1.54) is 5.56 Å². The number of hydrogen-bond donors (Lipinski definition) is 1. The van der Waals surface area contributed by atoms with Gasteiger partial charge in [-0.05, 0) is 29.7 Å². The van der Waals surface area contributed by atoms with Crippen molar-refractivity contribution in [3.63, 3.8) is 0 Å². The van der Waals surface area contributed by atoms with Gasteiger partial charge in [0.05, 0.1) is 6.04 Å². The van der Waals surface area contributed by atoms with Gasteiger partial charge in [-0.15, -0.1) is 0 Å². The topological polar surface area (TPSA) is 38.3 Å². The van der Waals surface area contributed by atoms with Gasteiger partial charge in [-0.3, -0.25) is 4.79 Å². The third-order valence-corrected chi connectivity index (χ3v) is 3.93. The molecule has 0 heterocycles. The molecule has 1 N–H and O–H groups in total. The van der Waals surface area contributed by atoms with Gasteiger partial charge in [0.1, 0.15) is 5.75 Å². The second-order valence-electron chi connectivity index (χ2n) is 5.82. The van der Waals surface area contributed by atoms with Crippen LogP contribution in [0, 0.1) is 0 Å². The summed E-state index contributed by atoms with van der Waals surface area (Å²) in [6.45, 7) is 0.00212. The number of benzene rings is 3. The van der Waals surface area contributed by atoms with Crippen LogP contribution in [0.3, 0.4) is 0 Å². The molecule has 0 fully saturated rings. The second-order valence-corrected chi connectivity index (χ2v) is 5.82. The average molecular weight is 331 g/mol. The van der Waals surface area contributed by atoms with Crippen molar-refractivity contribution < 1.29 is 9.53 Å². The number of amides is 1. The van der Waals surface area contributed by atoms with Crippen LogP contribution in [0.25, 0.3) is 0 Å². The van der Waals surface area contributed by atoms with Crippen LogP contribution in [0.5, 0.6) is 5.75 Å². The zero-order chi connectivity index (χ0) is 17.3. The lowest BCUT2D eigenvalue weighted by Crippen LogP contribution is -2.33. The number of rotatable bonds is 7. The molecule has 0 saturated carbocycles. The van der Waals surface area contributed by atoms with E-state index in [1.54, 1.807) is 0 Å². The summed E-state index contributed by atoms with van der Waals surface area (Å²) in [6, 6.07) is 29.5. The van der Waals surface area contributed by atoms with Crippen LogP contribution < -0.4 is 10.1 Å². The standard InChI is InChI=1S/C22H21NO2/c24-22(17-25-20-14-8-3-9-15-20)23-21(19-12-6-2-7-13-19)16-18-10-4-1-5-11-18/h1-15,21H,16-17H2,(H,23,24)/t21-/m0/s1. The van der Waals surface area contributed by atoms with Crippen molar-refractivity contribution in [1.29, 1.82) is 0 Å². The molecule has 3 rings (SSSR count). The van der Waals surface area contributed by atoms with E-state index in [0.717, 1.165) is 12.0 Å². The fourth-order valence-corrected chi connectivity index (χ4v) is 2.69. The zero-order valence-corrected chi connectivity index (χ0v) is 14.0. The van der Waals surface area contributed by atoms with Crippen molar-refractivity contribution in [2.24, 2.45) is 0 Å². The molecule has 3 nitrogen and oxygen atoms in total. The molecule has 3 aromatic carbocycles. The predicted octanol–water partition coefficient (Wildman–Crippen LogP) is 4.17. The lowest BCUT2D eigenvalue weighted by molar-refractivity contribution is -0.123. The summed E-state index contributed by atoms with van der Waals surface area (Å²) >= 11 is 0. The molecule has 0 aromatic heterocycles. The van der Waals surface area contributed by atoms with Gasteiger partial charge in [-0.1, -0.05) is 78.9 Å². The molecular formula is C22H21NO2. The normalized spacial score (nSPS) is 11.5. The van der Waals surface area contributed by atoms with Crippen LogP contribution in [-0.2, 0) is 11.2 Å². The van der Waals surface area contributed by atoms with Gasteiger partial charge < -0.3 is 10.1 Å². The van der Waals surface area contributed by atoms with E-state index < -0.39 is 0 Å². The van der Waals surface area contributed by atoms with Crippen molar-refractivity contribution in [2.75, 3.05) is 6.61 Å². The van der Waals surface area contributed by atoms with Gasteiger partial charge in [0, 0.05) is 0 Å². The Balaban J connectivity index is 1.66. The van der Waals surface area contributed by atoms with Crippen LogP contribution in [-0.4, -0.2) is 12.5 Å². The molecule has 0 spiro atoms. The Morgan fingerprint density at radius 3 is 2.00 bits per heavy atom. The average Bonchev–Trinajstić information content (AvgIpc) is 2.68. The Bertz CT molecular complexity index is 773. The number of carbonyl (C=O) groups is 1. The molecule has 0 unspecified atom stereocenters. The first-order valence-electron chi connectivity index (χ1n) is 8.37. The molecule has 0 aliphatic carbocycles. The van der Waals surface area contributed by atoms with E-state index in [9.17, 15) is 4.79 Å². The number of carbonyl (C=O) groups excluding carboxylic acids is 1. The third kappa shape index (κ3) is 5.21. The summed E-state index contributed by atoms with van der Waals surface area (Å²) in [5.41, 5.74) is 2.26. The summed E-state index contributed by atoms with van der Waals surface area (Å²) in [4.78, 5) is 12.4. The van der Waals surface area contributed by atoms with E-state index in [2.05, 4.69) is 17.4 Å². The van der Waals surface area contributed by atoms with Crippen LogP contribution >= 0.6 is 0 Å². The summed E-state index contributed by atoms with van der Waals surface area (Å²) in [5, 5.41) is 3.09. The molecule has 0 radical (unpaired) electrons. The first kappa shape index (κ1) is 16.8. The van der Waals surface area contributed by atoms with E-state index in [1.807, 2.05) is 78.9 Å². The minimum atomic E-state index is -0.131. The fraction of sp³-hybridized carbons (Fsp3) is 0.136. The molecule has 0 aliphatic heterocycles. The monoisotopic (exact) mass is 331 g/mol. The maximum Gasteiger partial charge on any atom is 0.258 e. The summed E-state index contributed by atoms with van der Waals surface area (Å²) in [7, 11) is 0. The number of para-hydroxylation sites is 1. The van der Waals surface area contributed by atoms with Gasteiger partial charge in [0.25, 0.3) is 5.91 Å². The van der Waals surface area contributed by atoms with Crippen molar-refractivity contribution in [2.45, 2.75) is 12.5 Å². The Morgan fingerprint density at radius 2 is 1.36 bits per heavy atom. The van der Waals surface area contributed by atoms with Crippen LogP contribution in [0.2, 0.25) is 0 Å². The minimum absolute atomic E-state index is 0.00212. The maximum atomic E-state index is 12.4. The molecule has 3 aromatic rings. The molecule has 126 valence electrons. The first-order valence-corrected chi connectivity index (χ1v) is 8.37. The Morgan fingerprint density at radius 1 is 0.800 bits per heavy atom. The molecule has 3 heteroatoms. The smallest absolute Gasteiger partial charge is 0.258 e. The highest BCUT2D eigenvalue weighted by atomic mass is 16.5. The fourth-order valence-electron chi connectivity index (χ4n) is 2.69. The Kier molecular flexibility index (Phi) is 5.83. The third-order valence-electron chi connectivity index (χ3n) is 3.93. The molecule has 1 atom stereocenters. The van der Waals surface area contributed by atoms with Gasteiger partial charge in [-0.25, -0.2) is 0 Å². The Hall–Kier alpha value is -3.07. The van der Waals surface area contributed by atoms with Crippen molar-refractivity contribution >= 4 is 5.91 Å². The Labute approximate surface area is 148 Å². The highest BCUT2D eigenvalue weighted by Crippen LogP contribution is 2.18. The molecule has 0 saturated heterocycles. The molecule has 1 amide bonds. The van der Waals surface area contributed by atoms with E-state index >= 15 is 0 Å². The number of nitrogens with one attached hydrogen (secondary N) is 1.